The average molecular weight is 585 g/mol. The van der Waals surface area contributed by atoms with E-state index in [1.807, 2.05) is 41.5 Å². The number of rotatable bonds is 4. The van der Waals surface area contributed by atoms with Crippen molar-refractivity contribution in [1.29, 1.82) is 0 Å². The summed E-state index contributed by atoms with van der Waals surface area (Å²) >= 11 is 0. The van der Waals surface area contributed by atoms with Gasteiger partial charge < -0.3 is 29.2 Å². The molecule has 3 aliphatic carbocycles. The van der Waals surface area contributed by atoms with Crippen LogP contribution in [-0.2, 0) is 28.5 Å². The fourth-order valence-corrected chi connectivity index (χ4v) is 9.10. The third-order valence-electron chi connectivity index (χ3n) is 11.2. The highest BCUT2D eigenvalue weighted by Crippen LogP contribution is 2.67. The fourth-order valence-electron chi connectivity index (χ4n) is 9.10. The van der Waals surface area contributed by atoms with E-state index < -0.39 is 76.2 Å². The van der Waals surface area contributed by atoms with Crippen molar-refractivity contribution in [2.75, 3.05) is 6.61 Å². The van der Waals surface area contributed by atoms with Gasteiger partial charge in [-0.1, -0.05) is 58.4 Å². The number of ether oxygens (including phenoxy) is 4. The zero-order valence-corrected chi connectivity index (χ0v) is 25.8. The summed E-state index contributed by atoms with van der Waals surface area (Å²) in [6.07, 6.45) is -3.19. The number of carbonyl (C=O) groups excluding carboxylic acids is 3. The van der Waals surface area contributed by atoms with Crippen molar-refractivity contribution in [2.24, 2.45) is 28.6 Å². The summed E-state index contributed by atoms with van der Waals surface area (Å²) in [4.78, 5) is 39.3. The third kappa shape index (κ3) is 4.18. The Morgan fingerprint density at radius 3 is 2.17 bits per heavy atom. The largest absolute Gasteiger partial charge is 0.461 e. The van der Waals surface area contributed by atoms with E-state index in [4.69, 9.17) is 18.9 Å². The Labute approximate surface area is 247 Å². The molecule has 3 fully saturated rings. The van der Waals surface area contributed by atoms with Crippen LogP contribution >= 0.6 is 0 Å². The minimum absolute atomic E-state index is 0.0333. The highest BCUT2D eigenvalue weighted by molar-refractivity contribution is 5.89. The van der Waals surface area contributed by atoms with E-state index in [-0.39, 0.29) is 18.9 Å². The van der Waals surface area contributed by atoms with E-state index in [1.165, 1.54) is 13.8 Å². The Hall–Kier alpha value is -2.75. The SMILES string of the molecule is CC(=O)O[C@@H]1[C@H](C)C2=C(C)[C@@H](O)C[C@@](O)(C(OC(=O)c3ccccc3)C3[C@@]1(C)[C@@H](C)C[C@H]1OC[C@@]31OC(C)=O)C2(C)C. The second kappa shape index (κ2) is 10.2. The molecule has 1 saturated heterocycles. The van der Waals surface area contributed by atoms with Crippen molar-refractivity contribution < 1.29 is 43.5 Å². The normalized spacial score (nSPS) is 42.1. The van der Waals surface area contributed by atoms with E-state index in [0.717, 1.165) is 5.57 Å². The summed E-state index contributed by atoms with van der Waals surface area (Å²) in [6, 6.07) is 8.51. The van der Waals surface area contributed by atoms with Crippen molar-refractivity contribution in [2.45, 2.75) is 104 Å². The van der Waals surface area contributed by atoms with E-state index in [1.54, 1.807) is 30.3 Å². The molecule has 1 aromatic rings. The van der Waals surface area contributed by atoms with Gasteiger partial charge in [-0.25, -0.2) is 4.79 Å². The van der Waals surface area contributed by atoms with Gasteiger partial charge in [-0.3, -0.25) is 9.59 Å². The Bertz CT molecular complexity index is 1300. The van der Waals surface area contributed by atoms with Gasteiger partial charge in [0.1, 0.15) is 23.9 Å². The minimum Gasteiger partial charge on any atom is -0.461 e. The number of fused-ring (bicyclic) bond motifs is 5. The van der Waals surface area contributed by atoms with E-state index >= 15 is 0 Å². The highest BCUT2D eigenvalue weighted by Gasteiger charge is 2.77. The summed E-state index contributed by atoms with van der Waals surface area (Å²) in [7, 11) is 0. The summed E-state index contributed by atoms with van der Waals surface area (Å²) in [5.41, 5.74) is -3.31. The number of aliphatic hydroxyl groups is 2. The smallest absolute Gasteiger partial charge is 0.338 e. The van der Waals surface area contributed by atoms with Crippen LogP contribution < -0.4 is 0 Å². The van der Waals surface area contributed by atoms with Crippen LogP contribution in [0.1, 0.15) is 78.6 Å². The second-order valence-electron chi connectivity index (χ2n) is 13.7. The number of hydrogen-bond donors (Lipinski definition) is 2. The molecule has 230 valence electrons. The average Bonchev–Trinajstić information content (AvgIpc) is 2.90. The standard InChI is InChI=1S/C33H44O9/c1-17-14-24-32(16-39-24,42-21(5)35)26-28(41-29(37)22-12-10-9-11-13-22)33(38)15-23(36)18(2)25(30(33,6)7)19(3)27(31(17,26)8)40-20(4)34/h9-13,17,19,23-24,26-28,36,38H,14-16H2,1-8H3/t17-,19+,23-,24+,26?,27+,28?,31+,32-,33+/m0/s1. The van der Waals surface area contributed by atoms with Crippen LogP contribution in [0.15, 0.2) is 41.5 Å². The molecule has 2 bridgehead atoms. The summed E-state index contributed by atoms with van der Waals surface area (Å²) in [6.45, 7) is 14.3. The third-order valence-corrected chi connectivity index (χ3v) is 11.2. The molecule has 4 aliphatic rings. The van der Waals surface area contributed by atoms with Crippen molar-refractivity contribution in [3.63, 3.8) is 0 Å². The monoisotopic (exact) mass is 584 g/mol. The molecule has 5 rings (SSSR count). The fraction of sp³-hybridized carbons (Fsp3) is 0.667. The van der Waals surface area contributed by atoms with E-state index in [2.05, 4.69) is 0 Å². The van der Waals surface area contributed by atoms with Crippen molar-refractivity contribution in [3.8, 4) is 0 Å². The maximum absolute atomic E-state index is 13.9. The van der Waals surface area contributed by atoms with Crippen LogP contribution in [-0.4, -0.2) is 70.3 Å². The van der Waals surface area contributed by atoms with Gasteiger partial charge in [0.2, 0.25) is 0 Å². The van der Waals surface area contributed by atoms with Crippen molar-refractivity contribution >= 4 is 17.9 Å². The minimum atomic E-state index is -1.79. The van der Waals surface area contributed by atoms with E-state index in [0.29, 0.717) is 17.6 Å². The highest BCUT2D eigenvalue weighted by atomic mass is 16.6. The molecule has 9 nitrogen and oxygen atoms in total. The number of benzene rings is 1. The van der Waals surface area contributed by atoms with Crippen LogP contribution in [0.3, 0.4) is 0 Å². The predicted octanol–water partition coefficient (Wildman–Crippen LogP) is 3.99. The van der Waals surface area contributed by atoms with Crippen LogP contribution in [0.5, 0.6) is 0 Å². The number of hydrogen-bond acceptors (Lipinski definition) is 9. The van der Waals surface area contributed by atoms with Crippen molar-refractivity contribution in [1.82, 2.24) is 0 Å². The lowest BCUT2D eigenvalue weighted by Crippen LogP contribution is -2.81. The summed E-state index contributed by atoms with van der Waals surface area (Å²) < 4.78 is 24.9. The molecule has 42 heavy (non-hydrogen) atoms. The van der Waals surface area contributed by atoms with Crippen LogP contribution in [0.4, 0.5) is 0 Å². The molecular weight excluding hydrogens is 540 g/mol. The lowest BCUT2D eigenvalue weighted by molar-refractivity contribution is -0.357. The van der Waals surface area contributed by atoms with Gasteiger partial charge in [-0.15, -0.1) is 0 Å². The maximum Gasteiger partial charge on any atom is 0.338 e. The predicted molar refractivity (Wildman–Crippen MR) is 152 cm³/mol. The van der Waals surface area contributed by atoms with Crippen LogP contribution in [0, 0.1) is 28.6 Å². The maximum atomic E-state index is 13.9. The number of carbonyl (C=O) groups is 3. The first-order valence-corrected chi connectivity index (χ1v) is 14.9. The molecule has 2 N–H and O–H groups in total. The van der Waals surface area contributed by atoms with Gasteiger partial charge >= 0.3 is 17.9 Å². The lowest BCUT2D eigenvalue weighted by Gasteiger charge is -2.70. The van der Waals surface area contributed by atoms with Gasteiger partial charge in [-0.2, -0.15) is 0 Å². The molecule has 0 amide bonds. The molecule has 9 heteroatoms. The number of aliphatic hydroxyl groups excluding tert-OH is 1. The Morgan fingerprint density at radius 1 is 0.976 bits per heavy atom. The molecule has 0 spiro atoms. The van der Waals surface area contributed by atoms with Gasteiger partial charge in [0.25, 0.3) is 0 Å². The van der Waals surface area contributed by atoms with Crippen molar-refractivity contribution in [3.05, 3.63) is 47.0 Å². The topological polar surface area (TPSA) is 129 Å². The molecule has 1 aromatic carbocycles. The molecule has 0 radical (unpaired) electrons. The zero-order chi connectivity index (χ0) is 31.0. The molecule has 10 atom stereocenters. The Balaban J connectivity index is 1.85. The summed E-state index contributed by atoms with van der Waals surface area (Å²) in [5, 5.41) is 24.5. The lowest BCUT2D eigenvalue weighted by atomic mass is 9.42. The zero-order valence-electron chi connectivity index (χ0n) is 25.8. The van der Waals surface area contributed by atoms with Gasteiger partial charge in [0.05, 0.1) is 24.2 Å². The molecular formula is C33H44O9. The number of esters is 3. The Kier molecular flexibility index (Phi) is 7.43. The summed E-state index contributed by atoms with van der Waals surface area (Å²) in [5.74, 6) is -3.12. The van der Waals surface area contributed by atoms with Gasteiger partial charge in [-0.05, 0) is 37.0 Å². The van der Waals surface area contributed by atoms with Crippen LogP contribution in [0.25, 0.3) is 0 Å². The molecule has 2 saturated carbocycles. The molecule has 2 unspecified atom stereocenters. The van der Waals surface area contributed by atoms with Gasteiger partial charge in [0, 0.05) is 37.0 Å². The second-order valence-corrected chi connectivity index (χ2v) is 13.7. The first-order valence-electron chi connectivity index (χ1n) is 14.9. The first kappa shape index (κ1) is 30.7. The van der Waals surface area contributed by atoms with E-state index in [9.17, 15) is 24.6 Å². The van der Waals surface area contributed by atoms with Gasteiger partial charge in [0.15, 0.2) is 5.60 Å². The molecule has 1 heterocycles. The van der Waals surface area contributed by atoms with Crippen LogP contribution in [0.2, 0.25) is 0 Å². The first-order chi connectivity index (χ1) is 19.5. The molecule has 1 aliphatic heterocycles. The Morgan fingerprint density at radius 2 is 1.62 bits per heavy atom. The molecule has 0 aromatic heterocycles. The quantitative estimate of drug-likeness (QED) is 0.307.